The van der Waals surface area contributed by atoms with Gasteiger partial charge in [-0.3, -0.25) is 0 Å². The predicted octanol–water partition coefficient (Wildman–Crippen LogP) is 2.27. The SMILES string of the molecule is CCCNCCc1ccc(S(=O)(=O)N(C)CCSC)s1. The van der Waals surface area contributed by atoms with E-state index in [1.165, 1.54) is 15.6 Å². The fourth-order valence-electron chi connectivity index (χ4n) is 1.64. The third kappa shape index (κ3) is 5.37. The molecule has 0 spiro atoms. The Morgan fingerprint density at radius 1 is 1.35 bits per heavy atom. The highest BCUT2D eigenvalue weighted by molar-refractivity contribution is 7.98. The highest BCUT2D eigenvalue weighted by atomic mass is 32.2. The predicted molar refractivity (Wildman–Crippen MR) is 89.4 cm³/mol. The molecule has 0 bridgehead atoms. The Labute approximate surface area is 131 Å². The van der Waals surface area contributed by atoms with E-state index in [0.29, 0.717) is 10.8 Å². The minimum atomic E-state index is -3.31. The van der Waals surface area contributed by atoms with E-state index in [2.05, 4.69) is 12.2 Å². The molecule has 0 aliphatic rings. The van der Waals surface area contributed by atoms with Crippen LogP contribution < -0.4 is 5.32 Å². The summed E-state index contributed by atoms with van der Waals surface area (Å²) in [6, 6.07) is 3.65. The molecule has 1 aromatic rings. The maximum absolute atomic E-state index is 12.3. The van der Waals surface area contributed by atoms with Gasteiger partial charge in [0.2, 0.25) is 0 Å². The number of nitrogens with one attached hydrogen (secondary N) is 1. The second kappa shape index (κ2) is 9.04. The molecule has 0 atom stereocenters. The van der Waals surface area contributed by atoms with E-state index in [9.17, 15) is 8.42 Å². The van der Waals surface area contributed by atoms with Gasteiger partial charge >= 0.3 is 0 Å². The molecule has 0 saturated carbocycles. The molecule has 7 heteroatoms. The Hall–Kier alpha value is -0.0800. The first-order chi connectivity index (χ1) is 9.52. The molecule has 0 saturated heterocycles. The van der Waals surface area contributed by atoms with Crippen molar-refractivity contribution in [1.29, 1.82) is 0 Å². The molecule has 1 heterocycles. The molecule has 0 amide bonds. The number of hydrogen-bond acceptors (Lipinski definition) is 5. The molecule has 0 unspecified atom stereocenters. The van der Waals surface area contributed by atoms with Crippen LogP contribution in [0.1, 0.15) is 18.2 Å². The molecular weight excluding hydrogens is 312 g/mol. The van der Waals surface area contributed by atoms with Crippen molar-refractivity contribution in [2.24, 2.45) is 0 Å². The van der Waals surface area contributed by atoms with Gasteiger partial charge in [0.15, 0.2) is 0 Å². The van der Waals surface area contributed by atoms with Crippen LogP contribution in [0.4, 0.5) is 0 Å². The average Bonchev–Trinajstić information content (AvgIpc) is 2.90. The summed E-state index contributed by atoms with van der Waals surface area (Å²) in [5.74, 6) is 0.814. The first-order valence-electron chi connectivity index (χ1n) is 6.77. The summed E-state index contributed by atoms with van der Waals surface area (Å²) in [5.41, 5.74) is 0. The van der Waals surface area contributed by atoms with Crippen molar-refractivity contribution in [3.05, 3.63) is 17.0 Å². The molecule has 0 radical (unpaired) electrons. The van der Waals surface area contributed by atoms with E-state index in [0.717, 1.165) is 36.6 Å². The van der Waals surface area contributed by atoms with Gasteiger partial charge < -0.3 is 5.32 Å². The lowest BCUT2D eigenvalue weighted by molar-refractivity contribution is 0.490. The van der Waals surface area contributed by atoms with Gasteiger partial charge in [0, 0.05) is 24.2 Å². The number of thiophene rings is 1. The molecule has 0 aliphatic carbocycles. The van der Waals surface area contributed by atoms with Crippen LogP contribution in [0.3, 0.4) is 0 Å². The topological polar surface area (TPSA) is 49.4 Å². The first kappa shape index (κ1) is 18.0. The number of rotatable bonds is 10. The lowest BCUT2D eigenvalue weighted by Crippen LogP contribution is -2.28. The Bertz CT molecular complexity index is 486. The van der Waals surface area contributed by atoms with Crippen LogP contribution in [-0.2, 0) is 16.4 Å². The van der Waals surface area contributed by atoms with E-state index in [1.807, 2.05) is 12.3 Å². The Morgan fingerprint density at radius 2 is 2.10 bits per heavy atom. The summed E-state index contributed by atoms with van der Waals surface area (Å²) >= 11 is 3.03. The Kier molecular flexibility index (Phi) is 8.13. The van der Waals surface area contributed by atoms with E-state index in [1.54, 1.807) is 24.9 Å². The van der Waals surface area contributed by atoms with Crippen LogP contribution in [0.2, 0.25) is 0 Å². The molecule has 0 aliphatic heterocycles. The highest BCUT2D eigenvalue weighted by Gasteiger charge is 2.22. The summed E-state index contributed by atoms with van der Waals surface area (Å²) in [4.78, 5) is 1.12. The van der Waals surface area contributed by atoms with Crippen molar-refractivity contribution in [1.82, 2.24) is 9.62 Å². The highest BCUT2D eigenvalue weighted by Crippen LogP contribution is 2.24. The molecule has 116 valence electrons. The third-order valence-electron chi connectivity index (χ3n) is 2.89. The molecule has 4 nitrogen and oxygen atoms in total. The Morgan fingerprint density at radius 3 is 2.75 bits per heavy atom. The largest absolute Gasteiger partial charge is 0.316 e. The van der Waals surface area contributed by atoms with Crippen LogP contribution in [-0.4, -0.2) is 51.4 Å². The zero-order valence-electron chi connectivity index (χ0n) is 12.4. The summed E-state index contributed by atoms with van der Waals surface area (Å²) in [6.07, 6.45) is 3.98. The van der Waals surface area contributed by atoms with Crippen molar-refractivity contribution in [3.63, 3.8) is 0 Å². The first-order valence-corrected chi connectivity index (χ1v) is 10.4. The average molecular weight is 337 g/mol. The van der Waals surface area contributed by atoms with Gasteiger partial charge in [-0.25, -0.2) is 8.42 Å². The monoisotopic (exact) mass is 336 g/mol. The molecule has 1 rings (SSSR count). The van der Waals surface area contributed by atoms with Crippen LogP contribution in [0.15, 0.2) is 16.3 Å². The van der Waals surface area contributed by atoms with Gasteiger partial charge in [-0.1, -0.05) is 6.92 Å². The quantitative estimate of drug-likeness (QED) is 0.666. The normalized spacial score (nSPS) is 12.2. The molecule has 20 heavy (non-hydrogen) atoms. The van der Waals surface area contributed by atoms with Gasteiger partial charge in [-0.05, 0) is 44.3 Å². The van der Waals surface area contributed by atoms with E-state index in [4.69, 9.17) is 0 Å². The number of nitrogens with zero attached hydrogens (tertiary/aromatic N) is 1. The van der Waals surface area contributed by atoms with Gasteiger partial charge in [-0.15, -0.1) is 11.3 Å². The zero-order chi connectivity index (χ0) is 15.0. The van der Waals surface area contributed by atoms with Crippen LogP contribution in [0.5, 0.6) is 0 Å². The summed E-state index contributed by atoms with van der Waals surface area (Å²) in [6.45, 7) is 4.59. The fourth-order valence-corrected chi connectivity index (χ4v) is 4.95. The van der Waals surface area contributed by atoms with E-state index in [-0.39, 0.29) is 0 Å². The fraction of sp³-hybridized carbons (Fsp3) is 0.692. The van der Waals surface area contributed by atoms with Crippen molar-refractivity contribution < 1.29 is 8.42 Å². The van der Waals surface area contributed by atoms with Gasteiger partial charge in [0.25, 0.3) is 10.0 Å². The van der Waals surface area contributed by atoms with Gasteiger partial charge in [-0.2, -0.15) is 16.1 Å². The van der Waals surface area contributed by atoms with E-state index >= 15 is 0 Å². The Balaban J connectivity index is 2.60. The third-order valence-corrected chi connectivity index (χ3v) is 6.95. The number of thioether (sulfide) groups is 1. The number of sulfonamides is 1. The second-order valence-corrected chi connectivity index (χ2v) is 8.97. The van der Waals surface area contributed by atoms with Crippen molar-refractivity contribution in [2.75, 3.05) is 38.7 Å². The molecule has 0 aromatic carbocycles. The molecule has 0 fully saturated rings. The van der Waals surface area contributed by atoms with Crippen molar-refractivity contribution in [2.45, 2.75) is 24.0 Å². The second-order valence-electron chi connectivity index (χ2n) is 4.54. The lowest BCUT2D eigenvalue weighted by atomic mass is 10.3. The van der Waals surface area contributed by atoms with Crippen LogP contribution in [0, 0.1) is 0 Å². The molecular formula is C13H24N2O2S3. The summed E-state index contributed by atoms with van der Waals surface area (Å²) in [7, 11) is -1.66. The zero-order valence-corrected chi connectivity index (χ0v) is 14.8. The standard InChI is InChI=1S/C13H24N2O2S3/c1-4-8-14-9-7-12-5-6-13(19-12)20(16,17)15(2)10-11-18-3/h5-6,14H,4,7-11H2,1-3H3. The lowest BCUT2D eigenvalue weighted by Gasteiger charge is -2.14. The van der Waals surface area contributed by atoms with Crippen LogP contribution in [0.25, 0.3) is 0 Å². The van der Waals surface area contributed by atoms with Gasteiger partial charge in [0.1, 0.15) is 4.21 Å². The minimum Gasteiger partial charge on any atom is -0.316 e. The maximum atomic E-state index is 12.3. The minimum absolute atomic E-state index is 0.451. The van der Waals surface area contributed by atoms with Gasteiger partial charge in [0.05, 0.1) is 0 Å². The van der Waals surface area contributed by atoms with E-state index < -0.39 is 10.0 Å². The maximum Gasteiger partial charge on any atom is 0.252 e. The van der Waals surface area contributed by atoms with Crippen molar-refractivity contribution in [3.8, 4) is 0 Å². The summed E-state index contributed by atoms with van der Waals surface area (Å²) in [5, 5.41) is 3.33. The summed E-state index contributed by atoms with van der Waals surface area (Å²) < 4.78 is 26.6. The van der Waals surface area contributed by atoms with Crippen molar-refractivity contribution >= 4 is 33.1 Å². The number of hydrogen-bond donors (Lipinski definition) is 1. The smallest absolute Gasteiger partial charge is 0.252 e. The molecule has 1 aromatic heterocycles. The van der Waals surface area contributed by atoms with Crippen LogP contribution >= 0.6 is 23.1 Å². The molecule has 1 N–H and O–H groups in total.